The Morgan fingerprint density at radius 3 is 2.68 bits per heavy atom. The molecule has 0 saturated carbocycles. The highest BCUT2D eigenvalue weighted by Crippen LogP contribution is 2.25. The highest BCUT2D eigenvalue weighted by molar-refractivity contribution is 5.58. The number of nitrogens with one attached hydrogen (secondary N) is 2. The molecule has 0 amide bonds. The first-order chi connectivity index (χ1) is 8.99. The topological polar surface area (TPSA) is 49.9 Å². The second kappa shape index (κ2) is 5.45. The monoisotopic (exact) mass is 259 g/mol. The quantitative estimate of drug-likeness (QED) is 0.887. The minimum Gasteiger partial charge on any atom is -0.496 e. The van der Waals surface area contributed by atoms with Crippen molar-refractivity contribution in [1.82, 2.24) is 15.3 Å². The fraction of sp³-hybridized carbons (Fsp3) is 0.400. The predicted molar refractivity (Wildman–Crippen MR) is 77.2 cm³/mol. The van der Waals surface area contributed by atoms with Gasteiger partial charge in [-0.3, -0.25) is 0 Å². The van der Waals surface area contributed by atoms with E-state index in [-0.39, 0.29) is 5.54 Å². The molecule has 1 aromatic carbocycles. The third-order valence-corrected chi connectivity index (χ3v) is 2.86. The summed E-state index contributed by atoms with van der Waals surface area (Å²) < 4.78 is 5.41. The molecule has 1 aromatic heterocycles. The molecular weight excluding hydrogens is 238 g/mol. The van der Waals surface area contributed by atoms with Crippen LogP contribution >= 0.6 is 0 Å². The van der Waals surface area contributed by atoms with E-state index in [1.165, 1.54) is 0 Å². The van der Waals surface area contributed by atoms with Gasteiger partial charge in [-0.2, -0.15) is 0 Å². The summed E-state index contributed by atoms with van der Waals surface area (Å²) in [6, 6.07) is 6.10. The lowest BCUT2D eigenvalue weighted by Crippen LogP contribution is -2.35. The van der Waals surface area contributed by atoms with Crippen LogP contribution in [0.1, 0.15) is 26.3 Å². The number of imidazole rings is 1. The second-order valence-electron chi connectivity index (χ2n) is 5.57. The van der Waals surface area contributed by atoms with Crippen LogP contribution in [-0.4, -0.2) is 22.6 Å². The van der Waals surface area contributed by atoms with Crippen LogP contribution in [0.2, 0.25) is 0 Å². The number of benzene rings is 1. The number of aromatic amines is 1. The number of aromatic nitrogens is 2. The Hall–Kier alpha value is -1.81. The summed E-state index contributed by atoms with van der Waals surface area (Å²) in [6.45, 7) is 7.21. The summed E-state index contributed by atoms with van der Waals surface area (Å²) in [7, 11) is 1.70. The second-order valence-corrected chi connectivity index (χ2v) is 5.57. The maximum absolute atomic E-state index is 5.41. The van der Waals surface area contributed by atoms with E-state index in [1.807, 2.05) is 18.3 Å². The van der Waals surface area contributed by atoms with E-state index in [9.17, 15) is 0 Å². The van der Waals surface area contributed by atoms with Gasteiger partial charge in [-0.25, -0.2) is 4.98 Å². The van der Waals surface area contributed by atoms with E-state index in [0.29, 0.717) is 0 Å². The van der Waals surface area contributed by atoms with Gasteiger partial charge < -0.3 is 15.0 Å². The first-order valence-electron chi connectivity index (χ1n) is 6.41. The van der Waals surface area contributed by atoms with Crippen LogP contribution in [-0.2, 0) is 6.54 Å². The zero-order valence-electron chi connectivity index (χ0n) is 11.9. The molecule has 0 saturated heterocycles. The van der Waals surface area contributed by atoms with Gasteiger partial charge in [0.05, 0.1) is 7.11 Å². The van der Waals surface area contributed by atoms with E-state index in [0.717, 1.165) is 29.2 Å². The van der Waals surface area contributed by atoms with Crippen LogP contribution in [0.25, 0.3) is 11.4 Å². The Balaban J connectivity index is 2.26. The molecule has 19 heavy (non-hydrogen) atoms. The molecule has 2 rings (SSSR count). The summed E-state index contributed by atoms with van der Waals surface area (Å²) in [5.74, 6) is 1.77. The van der Waals surface area contributed by atoms with Crippen LogP contribution in [0.3, 0.4) is 0 Å². The van der Waals surface area contributed by atoms with Gasteiger partial charge in [0.25, 0.3) is 0 Å². The summed E-state index contributed by atoms with van der Waals surface area (Å²) in [5, 5.41) is 3.47. The van der Waals surface area contributed by atoms with Crippen molar-refractivity contribution in [2.45, 2.75) is 32.9 Å². The molecule has 4 heteroatoms. The molecule has 2 aromatic rings. The molecule has 0 fully saturated rings. The molecule has 0 unspecified atom stereocenters. The van der Waals surface area contributed by atoms with Crippen LogP contribution in [0.4, 0.5) is 0 Å². The average molecular weight is 259 g/mol. The standard InChI is InChI=1S/C15H21N3O/c1-15(2,3)18-10-12-9-11(5-6-13(12)19-4)14-16-7-8-17-14/h5-9,18H,10H2,1-4H3,(H,16,17). The number of nitrogens with zero attached hydrogens (tertiary/aromatic N) is 1. The number of hydrogen-bond donors (Lipinski definition) is 2. The lowest BCUT2D eigenvalue weighted by atomic mass is 10.1. The number of rotatable bonds is 4. The largest absolute Gasteiger partial charge is 0.496 e. The van der Waals surface area contributed by atoms with Gasteiger partial charge in [-0.05, 0) is 39.0 Å². The Bertz CT molecular complexity index is 527. The van der Waals surface area contributed by atoms with Crippen molar-refractivity contribution in [2.75, 3.05) is 7.11 Å². The summed E-state index contributed by atoms with van der Waals surface area (Å²) >= 11 is 0. The Kier molecular flexibility index (Phi) is 3.90. The van der Waals surface area contributed by atoms with Gasteiger partial charge in [0.1, 0.15) is 11.6 Å². The molecule has 4 nitrogen and oxygen atoms in total. The molecule has 0 radical (unpaired) electrons. The SMILES string of the molecule is COc1ccc(-c2ncc[nH]2)cc1CNC(C)(C)C. The van der Waals surface area contributed by atoms with Crippen LogP contribution < -0.4 is 10.1 Å². The molecule has 2 N–H and O–H groups in total. The molecule has 0 spiro atoms. The Morgan fingerprint density at radius 1 is 1.32 bits per heavy atom. The minimum absolute atomic E-state index is 0.0751. The third kappa shape index (κ3) is 3.58. The van der Waals surface area contributed by atoms with Gasteiger partial charge in [-0.15, -0.1) is 0 Å². The average Bonchev–Trinajstić information content (AvgIpc) is 2.89. The number of hydrogen-bond acceptors (Lipinski definition) is 3. The predicted octanol–water partition coefficient (Wildman–Crippen LogP) is 2.97. The molecule has 0 atom stereocenters. The zero-order chi connectivity index (χ0) is 13.9. The molecule has 1 heterocycles. The van der Waals surface area contributed by atoms with Crippen molar-refractivity contribution >= 4 is 0 Å². The van der Waals surface area contributed by atoms with Gasteiger partial charge in [0.2, 0.25) is 0 Å². The normalized spacial score (nSPS) is 11.6. The fourth-order valence-electron chi connectivity index (χ4n) is 1.85. The third-order valence-electron chi connectivity index (χ3n) is 2.86. The van der Waals surface area contributed by atoms with Gasteiger partial charge in [-0.1, -0.05) is 0 Å². The summed E-state index contributed by atoms with van der Waals surface area (Å²) in [5.41, 5.74) is 2.27. The number of ether oxygens (including phenoxy) is 1. The fourth-order valence-corrected chi connectivity index (χ4v) is 1.85. The first-order valence-corrected chi connectivity index (χ1v) is 6.41. The van der Waals surface area contributed by atoms with Crippen molar-refractivity contribution in [1.29, 1.82) is 0 Å². The van der Waals surface area contributed by atoms with Crippen LogP contribution in [0, 0.1) is 0 Å². The van der Waals surface area contributed by atoms with Gasteiger partial charge in [0.15, 0.2) is 0 Å². The van der Waals surface area contributed by atoms with E-state index >= 15 is 0 Å². The Morgan fingerprint density at radius 2 is 2.11 bits per heavy atom. The van der Waals surface area contributed by atoms with Crippen molar-refractivity contribution in [3.8, 4) is 17.1 Å². The highest BCUT2D eigenvalue weighted by Gasteiger charge is 2.12. The molecule has 0 aliphatic carbocycles. The minimum atomic E-state index is 0.0751. The molecule has 0 aliphatic heterocycles. The van der Waals surface area contributed by atoms with Crippen molar-refractivity contribution < 1.29 is 4.74 Å². The lowest BCUT2D eigenvalue weighted by Gasteiger charge is -2.21. The van der Waals surface area contributed by atoms with E-state index in [2.05, 4.69) is 42.1 Å². The number of methoxy groups -OCH3 is 1. The highest BCUT2D eigenvalue weighted by atomic mass is 16.5. The summed E-state index contributed by atoms with van der Waals surface area (Å²) in [4.78, 5) is 7.39. The van der Waals surface area contributed by atoms with Crippen LogP contribution in [0.5, 0.6) is 5.75 Å². The van der Waals surface area contributed by atoms with Crippen molar-refractivity contribution in [3.63, 3.8) is 0 Å². The number of H-pyrrole nitrogens is 1. The van der Waals surface area contributed by atoms with Crippen LogP contribution in [0.15, 0.2) is 30.6 Å². The molecular formula is C15H21N3O. The first kappa shape index (κ1) is 13.6. The van der Waals surface area contributed by atoms with Gasteiger partial charge in [0, 0.05) is 35.6 Å². The molecule has 0 aliphatic rings. The van der Waals surface area contributed by atoms with Crippen molar-refractivity contribution in [3.05, 3.63) is 36.2 Å². The lowest BCUT2D eigenvalue weighted by molar-refractivity contribution is 0.392. The van der Waals surface area contributed by atoms with Crippen molar-refractivity contribution in [2.24, 2.45) is 0 Å². The van der Waals surface area contributed by atoms with E-state index < -0.39 is 0 Å². The maximum Gasteiger partial charge on any atom is 0.137 e. The van der Waals surface area contributed by atoms with E-state index in [1.54, 1.807) is 13.3 Å². The summed E-state index contributed by atoms with van der Waals surface area (Å²) in [6.07, 6.45) is 3.58. The molecule has 102 valence electrons. The maximum atomic E-state index is 5.41. The molecule has 0 bridgehead atoms. The van der Waals surface area contributed by atoms with E-state index in [4.69, 9.17) is 4.74 Å². The zero-order valence-corrected chi connectivity index (χ0v) is 11.9. The van der Waals surface area contributed by atoms with Gasteiger partial charge >= 0.3 is 0 Å². The Labute approximate surface area is 114 Å². The smallest absolute Gasteiger partial charge is 0.137 e.